The van der Waals surface area contributed by atoms with E-state index in [0.717, 1.165) is 44.4 Å². The molecule has 0 spiro atoms. The Labute approximate surface area is 211 Å². The molecular weight excluding hydrogens is 424 g/mol. The minimum Gasteiger partial charge on any atom is -0.481 e. The number of hydrogen-bond donors (Lipinski definition) is 1. The first kappa shape index (κ1) is 31.0. The van der Waals surface area contributed by atoms with Gasteiger partial charge in [-0.05, 0) is 50.9 Å². The fourth-order valence-corrected chi connectivity index (χ4v) is 5.29. The second kappa shape index (κ2) is 20.2. The quantitative estimate of drug-likeness (QED) is 0.131. The fourth-order valence-electron chi connectivity index (χ4n) is 5.29. The maximum atomic E-state index is 12.8. The number of esters is 1. The summed E-state index contributed by atoms with van der Waals surface area (Å²) in [4.78, 5) is 24.2. The van der Waals surface area contributed by atoms with Crippen molar-refractivity contribution in [3.63, 3.8) is 0 Å². The van der Waals surface area contributed by atoms with Crippen LogP contribution in [0.25, 0.3) is 0 Å². The fraction of sp³-hybridized carbons (Fsp3) is 0.933. The van der Waals surface area contributed by atoms with Gasteiger partial charge in [0.25, 0.3) is 0 Å². The summed E-state index contributed by atoms with van der Waals surface area (Å²) in [6.07, 6.45) is 24.1. The molecule has 0 bridgehead atoms. The Morgan fingerprint density at radius 1 is 0.735 bits per heavy atom. The van der Waals surface area contributed by atoms with Crippen LogP contribution in [0.5, 0.6) is 0 Å². The molecule has 0 saturated heterocycles. The lowest BCUT2D eigenvalue weighted by Crippen LogP contribution is -2.31. The van der Waals surface area contributed by atoms with Gasteiger partial charge in [0, 0.05) is 0 Å². The second-order valence-electron chi connectivity index (χ2n) is 11.3. The Bertz CT molecular complexity index is 516. The van der Waals surface area contributed by atoms with E-state index in [4.69, 9.17) is 4.74 Å². The van der Waals surface area contributed by atoms with Crippen molar-refractivity contribution in [1.29, 1.82) is 0 Å². The third-order valence-corrected chi connectivity index (χ3v) is 7.58. The van der Waals surface area contributed by atoms with Crippen molar-refractivity contribution in [3.05, 3.63) is 0 Å². The lowest BCUT2D eigenvalue weighted by molar-refractivity contribution is -0.158. The van der Waals surface area contributed by atoms with E-state index in [0.29, 0.717) is 12.8 Å². The highest BCUT2D eigenvalue weighted by Gasteiger charge is 2.32. The Morgan fingerprint density at radius 2 is 1.21 bits per heavy atom. The molecule has 3 atom stereocenters. The Kier molecular flexibility index (Phi) is 18.4. The predicted octanol–water partition coefficient (Wildman–Crippen LogP) is 9.10. The van der Waals surface area contributed by atoms with Crippen LogP contribution < -0.4 is 0 Å². The smallest absolute Gasteiger partial charge is 0.309 e. The van der Waals surface area contributed by atoms with Crippen molar-refractivity contribution in [2.45, 2.75) is 162 Å². The van der Waals surface area contributed by atoms with Gasteiger partial charge in [-0.2, -0.15) is 0 Å². The van der Waals surface area contributed by atoms with Gasteiger partial charge in [0.1, 0.15) is 6.10 Å². The molecule has 1 rings (SSSR count). The van der Waals surface area contributed by atoms with Crippen molar-refractivity contribution in [3.8, 4) is 0 Å². The van der Waals surface area contributed by atoms with Gasteiger partial charge in [-0.25, -0.2) is 0 Å². The van der Waals surface area contributed by atoms with Crippen molar-refractivity contribution in [2.24, 2.45) is 17.8 Å². The van der Waals surface area contributed by atoms with Gasteiger partial charge < -0.3 is 9.84 Å². The largest absolute Gasteiger partial charge is 0.481 e. The third-order valence-electron chi connectivity index (χ3n) is 7.58. The molecule has 0 aromatic heterocycles. The number of ether oxygens (including phenoxy) is 1. The first-order valence-electron chi connectivity index (χ1n) is 14.9. The van der Waals surface area contributed by atoms with E-state index in [-0.39, 0.29) is 23.9 Å². The molecule has 0 aliphatic heterocycles. The van der Waals surface area contributed by atoms with E-state index in [2.05, 4.69) is 20.8 Å². The van der Waals surface area contributed by atoms with Crippen molar-refractivity contribution < 1.29 is 19.4 Å². The lowest BCUT2D eigenvalue weighted by Gasteiger charge is -2.27. The Balaban J connectivity index is 2.31. The summed E-state index contributed by atoms with van der Waals surface area (Å²) in [6.45, 7) is 6.81. The zero-order valence-corrected chi connectivity index (χ0v) is 22.8. The van der Waals surface area contributed by atoms with Crippen LogP contribution in [-0.4, -0.2) is 23.1 Å². The molecule has 1 fully saturated rings. The minimum atomic E-state index is -0.764. The zero-order valence-electron chi connectivity index (χ0n) is 22.8. The highest BCUT2D eigenvalue weighted by Crippen LogP contribution is 2.31. The first-order chi connectivity index (χ1) is 16.4. The highest BCUT2D eigenvalue weighted by molar-refractivity contribution is 5.75. The number of carbonyl (C=O) groups excluding carboxylic acids is 1. The standard InChI is InChI=1S/C30H56O4/c1-4-5-6-7-8-9-10-11-12-13-16-22-28(23-17-14-15-19-25(2)3)34-30(33)27-21-18-20-26(24-27)29(31)32/h25-28H,4-24H2,1-3H3,(H,31,32). The summed E-state index contributed by atoms with van der Waals surface area (Å²) in [5, 5.41) is 9.34. The molecule has 1 aliphatic rings. The van der Waals surface area contributed by atoms with Crippen LogP contribution in [0.1, 0.15) is 156 Å². The molecular formula is C30H56O4. The average Bonchev–Trinajstić information content (AvgIpc) is 2.81. The van der Waals surface area contributed by atoms with Crippen LogP contribution >= 0.6 is 0 Å². The highest BCUT2D eigenvalue weighted by atomic mass is 16.5. The third kappa shape index (κ3) is 15.8. The SMILES string of the molecule is CCCCCCCCCCCCCC(CCCCCC(C)C)OC(=O)C1CCCC(C(=O)O)C1. The molecule has 0 heterocycles. The monoisotopic (exact) mass is 480 g/mol. The summed E-state index contributed by atoms with van der Waals surface area (Å²) in [6, 6.07) is 0. The van der Waals surface area contributed by atoms with Gasteiger partial charge in [-0.3, -0.25) is 9.59 Å². The number of hydrogen-bond acceptors (Lipinski definition) is 3. The molecule has 3 unspecified atom stereocenters. The molecule has 34 heavy (non-hydrogen) atoms. The second-order valence-corrected chi connectivity index (χ2v) is 11.3. The van der Waals surface area contributed by atoms with E-state index >= 15 is 0 Å². The van der Waals surface area contributed by atoms with E-state index in [1.165, 1.54) is 83.5 Å². The van der Waals surface area contributed by atoms with Crippen LogP contribution in [0, 0.1) is 17.8 Å². The number of aliphatic carboxylic acids is 1. The summed E-state index contributed by atoms with van der Waals surface area (Å²) in [5.41, 5.74) is 0. The number of rotatable bonds is 21. The van der Waals surface area contributed by atoms with E-state index in [1.807, 2.05) is 0 Å². The molecule has 1 aliphatic carbocycles. The maximum absolute atomic E-state index is 12.8. The molecule has 4 heteroatoms. The summed E-state index contributed by atoms with van der Waals surface area (Å²) in [5.74, 6) is -0.761. The molecule has 0 amide bonds. The van der Waals surface area contributed by atoms with Crippen molar-refractivity contribution in [1.82, 2.24) is 0 Å². The van der Waals surface area contributed by atoms with Crippen LogP contribution in [-0.2, 0) is 14.3 Å². The van der Waals surface area contributed by atoms with E-state index in [9.17, 15) is 14.7 Å². The zero-order chi connectivity index (χ0) is 25.0. The average molecular weight is 481 g/mol. The van der Waals surface area contributed by atoms with Crippen molar-refractivity contribution >= 4 is 11.9 Å². The molecule has 1 saturated carbocycles. The van der Waals surface area contributed by atoms with Gasteiger partial charge in [0.05, 0.1) is 11.8 Å². The first-order valence-corrected chi connectivity index (χ1v) is 14.9. The Hall–Kier alpha value is -1.06. The maximum Gasteiger partial charge on any atom is 0.309 e. The van der Waals surface area contributed by atoms with Crippen LogP contribution in [0.4, 0.5) is 0 Å². The van der Waals surface area contributed by atoms with E-state index in [1.54, 1.807) is 0 Å². The minimum absolute atomic E-state index is 0.00956. The molecule has 1 N–H and O–H groups in total. The van der Waals surface area contributed by atoms with Gasteiger partial charge in [0.2, 0.25) is 0 Å². The van der Waals surface area contributed by atoms with Crippen LogP contribution in [0.3, 0.4) is 0 Å². The number of carboxylic acids is 1. The molecule has 0 radical (unpaired) electrons. The summed E-state index contributed by atoms with van der Waals surface area (Å²) >= 11 is 0. The normalized spacial score (nSPS) is 19.3. The van der Waals surface area contributed by atoms with Crippen LogP contribution in [0.15, 0.2) is 0 Å². The van der Waals surface area contributed by atoms with E-state index < -0.39 is 5.97 Å². The molecule has 200 valence electrons. The van der Waals surface area contributed by atoms with Gasteiger partial charge in [-0.1, -0.05) is 111 Å². The predicted molar refractivity (Wildman–Crippen MR) is 142 cm³/mol. The molecule has 0 aromatic carbocycles. The summed E-state index contributed by atoms with van der Waals surface area (Å²) in [7, 11) is 0. The molecule has 0 aromatic rings. The lowest BCUT2D eigenvalue weighted by atomic mass is 9.81. The Morgan fingerprint density at radius 3 is 1.74 bits per heavy atom. The number of carbonyl (C=O) groups is 2. The molecule has 4 nitrogen and oxygen atoms in total. The number of carboxylic acid groups (broad SMARTS) is 1. The number of unbranched alkanes of at least 4 members (excludes halogenated alkanes) is 12. The summed E-state index contributed by atoms with van der Waals surface area (Å²) < 4.78 is 6.01. The topological polar surface area (TPSA) is 63.6 Å². The van der Waals surface area contributed by atoms with Gasteiger partial charge in [0.15, 0.2) is 0 Å². The van der Waals surface area contributed by atoms with Gasteiger partial charge >= 0.3 is 11.9 Å². The van der Waals surface area contributed by atoms with Crippen molar-refractivity contribution in [2.75, 3.05) is 0 Å². The van der Waals surface area contributed by atoms with Crippen LogP contribution in [0.2, 0.25) is 0 Å². The van der Waals surface area contributed by atoms with Gasteiger partial charge in [-0.15, -0.1) is 0 Å².